The minimum absolute atomic E-state index is 0.121. The second-order valence-corrected chi connectivity index (χ2v) is 7.91. The lowest BCUT2D eigenvalue weighted by Gasteiger charge is -2.09. The predicted octanol–water partition coefficient (Wildman–Crippen LogP) is 4.53. The number of thioether (sulfide) groups is 1. The largest absolute Gasteiger partial charge is 0.454 e. The van der Waals surface area contributed by atoms with Gasteiger partial charge in [-0.15, -0.1) is 10.2 Å². The maximum Gasteiger partial charge on any atom is 0.234 e. The number of hydrogen-bond donors (Lipinski definition) is 1. The zero-order chi connectivity index (χ0) is 20.4. The van der Waals surface area contributed by atoms with Crippen LogP contribution in [0.5, 0.6) is 11.5 Å². The fraction of sp³-hybridized carbons (Fsp3) is 0.227. The normalized spacial score (nSPS) is 12.1. The molecule has 1 amide bonds. The second kappa shape index (κ2) is 8.13. The number of benzene rings is 2. The van der Waals surface area contributed by atoms with Crippen LogP contribution in [0, 0.1) is 20.8 Å². The average molecular weight is 407 g/mol. The predicted molar refractivity (Wildman–Crippen MR) is 114 cm³/mol. The first kappa shape index (κ1) is 19.3. The highest BCUT2D eigenvalue weighted by atomic mass is 32.2. The van der Waals surface area contributed by atoms with Crippen LogP contribution in [-0.4, -0.2) is 28.7 Å². The molecule has 1 aliphatic rings. The van der Waals surface area contributed by atoms with Gasteiger partial charge < -0.3 is 14.8 Å². The number of carbonyl (C=O) groups is 1. The summed E-state index contributed by atoms with van der Waals surface area (Å²) in [6, 6.07) is 13.5. The molecule has 2 heterocycles. The van der Waals surface area contributed by atoms with Crippen molar-refractivity contribution < 1.29 is 14.3 Å². The van der Waals surface area contributed by atoms with E-state index >= 15 is 0 Å². The number of amides is 1. The molecule has 1 N–H and O–H groups in total. The van der Waals surface area contributed by atoms with Gasteiger partial charge in [-0.25, -0.2) is 0 Å². The molecule has 0 aliphatic carbocycles. The number of hydrogen-bond acceptors (Lipinski definition) is 6. The Bertz CT molecular complexity index is 1070. The Balaban J connectivity index is 1.37. The molecule has 6 nitrogen and oxygen atoms in total. The van der Waals surface area contributed by atoms with Crippen LogP contribution in [0.15, 0.2) is 47.5 Å². The van der Waals surface area contributed by atoms with E-state index in [0.29, 0.717) is 22.2 Å². The zero-order valence-electron chi connectivity index (χ0n) is 16.5. The molecule has 0 unspecified atom stereocenters. The van der Waals surface area contributed by atoms with Gasteiger partial charge in [-0.1, -0.05) is 17.8 Å². The van der Waals surface area contributed by atoms with Gasteiger partial charge in [-0.3, -0.25) is 4.79 Å². The van der Waals surface area contributed by atoms with Gasteiger partial charge in [-0.05, 0) is 67.8 Å². The van der Waals surface area contributed by atoms with Crippen molar-refractivity contribution in [3.05, 3.63) is 59.2 Å². The molecule has 3 aromatic rings. The number of nitrogens with one attached hydrogen (secondary N) is 1. The number of anilines is 1. The quantitative estimate of drug-likeness (QED) is 0.627. The van der Waals surface area contributed by atoms with E-state index in [4.69, 9.17) is 9.47 Å². The Morgan fingerprint density at radius 3 is 2.55 bits per heavy atom. The van der Waals surface area contributed by atoms with E-state index in [1.165, 1.54) is 28.5 Å². The average Bonchev–Trinajstić information content (AvgIpc) is 3.17. The van der Waals surface area contributed by atoms with E-state index < -0.39 is 0 Å². The summed E-state index contributed by atoms with van der Waals surface area (Å²) in [6.07, 6.45) is 0. The highest BCUT2D eigenvalue weighted by Gasteiger charge is 2.14. The zero-order valence-corrected chi connectivity index (χ0v) is 17.3. The summed E-state index contributed by atoms with van der Waals surface area (Å²) in [7, 11) is 0. The lowest BCUT2D eigenvalue weighted by molar-refractivity contribution is -0.113. The van der Waals surface area contributed by atoms with Crippen molar-refractivity contribution >= 4 is 23.4 Å². The summed E-state index contributed by atoms with van der Waals surface area (Å²) >= 11 is 1.35. The fourth-order valence-corrected chi connectivity index (χ4v) is 3.70. The number of ether oxygens (including phenoxy) is 2. The molecule has 0 bridgehead atoms. The first-order valence-electron chi connectivity index (χ1n) is 9.24. The number of fused-ring (bicyclic) bond motifs is 1. The van der Waals surface area contributed by atoms with E-state index in [1.807, 2.05) is 12.1 Å². The summed E-state index contributed by atoms with van der Waals surface area (Å²) in [6.45, 7) is 6.48. The number of carbonyl (C=O) groups excluding carboxylic acids is 1. The fourth-order valence-electron chi connectivity index (χ4n) is 3.09. The highest BCUT2D eigenvalue weighted by Crippen LogP contribution is 2.34. The molecule has 1 aromatic heterocycles. The summed E-state index contributed by atoms with van der Waals surface area (Å²) in [5.41, 5.74) is 6.25. The molecule has 4 rings (SSSR count). The smallest absolute Gasteiger partial charge is 0.234 e. The summed E-state index contributed by atoms with van der Waals surface area (Å²) < 4.78 is 10.6. The molecule has 29 heavy (non-hydrogen) atoms. The Morgan fingerprint density at radius 2 is 1.76 bits per heavy atom. The van der Waals surface area contributed by atoms with Gasteiger partial charge in [0.1, 0.15) is 5.03 Å². The van der Waals surface area contributed by atoms with Gasteiger partial charge in [0, 0.05) is 17.3 Å². The number of rotatable bonds is 5. The van der Waals surface area contributed by atoms with Crippen LogP contribution in [0.4, 0.5) is 5.69 Å². The lowest BCUT2D eigenvalue weighted by atomic mass is 9.99. The lowest BCUT2D eigenvalue weighted by Crippen LogP contribution is -2.14. The summed E-state index contributed by atoms with van der Waals surface area (Å²) in [5, 5.41) is 12.2. The van der Waals surface area contributed by atoms with Gasteiger partial charge in [0.05, 0.1) is 11.4 Å². The van der Waals surface area contributed by atoms with Crippen molar-refractivity contribution in [1.82, 2.24) is 10.2 Å². The molecule has 1 aliphatic heterocycles. The van der Waals surface area contributed by atoms with Gasteiger partial charge in [0.2, 0.25) is 12.7 Å². The summed E-state index contributed by atoms with van der Waals surface area (Å²) in [4.78, 5) is 12.2. The van der Waals surface area contributed by atoms with Crippen molar-refractivity contribution in [3.8, 4) is 22.8 Å². The third kappa shape index (κ3) is 4.35. The molecule has 0 saturated heterocycles. The molecule has 0 saturated carbocycles. The topological polar surface area (TPSA) is 73.3 Å². The van der Waals surface area contributed by atoms with Gasteiger partial charge in [0.15, 0.2) is 11.5 Å². The van der Waals surface area contributed by atoms with Crippen molar-refractivity contribution in [2.75, 3.05) is 17.9 Å². The number of aryl methyl sites for hydroxylation is 3. The first-order valence-corrected chi connectivity index (χ1v) is 10.2. The van der Waals surface area contributed by atoms with Crippen LogP contribution in [0.1, 0.15) is 16.7 Å². The molecular weight excluding hydrogens is 386 g/mol. The van der Waals surface area contributed by atoms with E-state index in [9.17, 15) is 4.79 Å². The van der Waals surface area contributed by atoms with E-state index in [2.05, 4.69) is 48.4 Å². The Kier molecular flexibility index (Phi) is 5.40. The number of aromatic nitrogens is 2. The second-order valence-electron chi connectivity index (χ2n) is 6.91. The Hall–Kier alpha value is -3.06. The molecule has 0 fully saturated rings. The molecule has 0 radical (unpaired) electrons. The maximum absolute atomic E-state index is 12.2. The molecule has 0 spiro atoms. The molecule has 148 valence electrons. The highest BCUT2D eigenvalue weighted by molar-refractivity contribution is 7.99. The van der Waals surface area contributed by atoms with Gasteiger partial charge in [-0.2, -0.15) is 0 Å². The minimum atomic E-state index is -0.121. The Labute approximate surface area is 173 Å². The SMILES string of the molecule is Cc1cc(C)c(-c2ccc(SCC(=O)Nc3ccc4c(c3)OCO4)nn2)cc1C. The van der Waals surface area contributed by atoms with Gasteiger partial charge >= 0.3 is 0 Å². The third-order valence-corrected chi connectivity index (χ3v) is 5.68. The molecular formula is C22H21N3O3S. The summed E-state index contributed by atoms with van der Waals surface area (Å²) in [5.74, 6) is 1.44. The third-order valence-electron chi connectivity index (χ3n) is 4.76. The standard InChI is InChI=1S/C22H21N3O3S/c1-13-8-15(3)17(9-14(13)2)18-5-7-22(25-24-18)29-11-21(26)23-16-4-6-19-20(10-16)28-12-27-19/h4-10H,11-12H2,1-3H3,(H,23,26). The number of nitrogens with zero attached hydrogens (tertiary/aromatic N) is 2. The first-order chi connectivity index (χ1) is 14.0. The minimum Gasteiger partial charge on any atom is -0.454 e. The van der Waals surface area contributed by atoms with Crippen molar-refractivity contribution in [2.24, 2.45) is 0 Å². The van der Waals surface area contributed by atoms with Crippen LogP contribution in [0.25, 0.3) is 11.3 Å². The monoisotopic (exact) mass is 407 g/mol. The Morgan fingerprint density at radius 1 is 0.966 bits per heavy atom. The van der Waals surface area contributed by atoms with Crippen molar-refractivity contribution in [2.45, 2.75) is 25.8 Å². The van der Waals surface area contributed by atoms with Gasteiger partial charge in [0.25, 0.3) is 0 Å². The van der Waals surface area contributed by atoms with Crippen LogP contribution in [0.2, 0.25) is 0 Å². The van der Waals surface area contributed by atoms with Crippen molar-refractivity contribution in [1.29, 1.82) is 0 Å². The molecule has 2 aromatic carbocycles. The van der Waals surface area contributed by atoms with Crippen LogP contribution in [0.3, 0.4) is 0 Å². The van der Waals surface area contributed by atoms with E-state index in [-0.39, 0.29) is 18.5 Å². The van der Waals surface area contributed by atoms with E-state index in [1.54, 1.807) is 18.2 Å². The van der Waals surface area contributed by atoms with E-state index in [0.717, 1.165) is 11.3 Å². The van der Waals surface area contributed by atoms with Crippen LogP contribution < -0.4 is 14.8 Å². The molecule has 0 atom stereocenters. The van der Waals surface area contributed by atoms with Crippen molar-refractivity contribution in [3.63, 3.8) is 0 Å². The van der Waals surface area contributed by atoms with Crippen LogP contribution >= 0.6 is 11.8 Å². The molecule has 7 heteroatoms. The van der Waals surface area contributed by atoms with Crippen LogP contribution in [-0.2, 0) is 4.79 Å². The maximum atomic E-state index is 12.2.